The van der Waals surface area contributed by atoms with Crippen molar-refractivity contribution in [2.45, 2.75) is 13.0 Å². The summed E-state index contributed by atoms with van der Waals surface area (Å²) in [5.41, 5.74) is 1.39. The number of thiophene rings is 1. The third-order valence-corrected chi connectivity index (χ3v) is 2.80. The van der Waals surface area contributed by atoms with Crippen LogP contribution in [0.25, 0.3) is 0 Å². The summed E-state index contributed by atoms with van der Waals surface area (Å²) in [4.78, 5) is 8.28. The minimum Gasteiger partial charge on any atom is -0.310 e. The van der Waals surface area contributed by atoms with Gasteiger partial charge in [-0.25, -0.2) is 9.97 Å². The molecule has 0 atom stereocenters. The zero-order chi connectivity index (χ0) is 10.3. The molecule has 2 rings (SSSR count). The van der Waals surface area contributed by atoms with Gasteiger partial charge < -0.3 is 5.32 Å². The molecule has 2 aromatic rings. The third kappa shape index (κ3) is 3.42. The second kappa shape index (κ2) is 5.58. The van der Waals surface area contributed by atoms with Crippen molar-refractivity contribution in [3.63, 3.8) is 0 Å². The molecule has 0 amide bonds. The summed E-state index contributed by atoms with van der Waals surface area (Å²) in [6.07, 6.45) is 4.60. The van der Waals surface area contributed by atoms with E-state index < -0.39 is 0 Å². The average molecular weight is 219 g/mol. The van der Waals surface area contributed by atoms with Gasteiger partial charge in [-0.05, 0) is 41.4 Å². The van der Waals surface area contributed by atoms with Crippen molar-refractivity contribution in [1.29, 1.82) is 0 Å². The standard InChI is InChI=1S/C11H13N3S/c1-4-13-11(14-5-1)8-12-6-2-10-3-7-15-9-10/h1,3-5,7,9,12H,2,6,8H2. The zero-order valence-electron chi connectivity index (χ0n) is 8.39. The van der Waals surface area contributed by atoms with Crippen molar-refractivity contribution < 1.29 is 0 Å². The largest absolute Gasteiger partial charge is 0.310 e. The Balaban J connectivity index is 1.68. The summed E-state index contributed by atoms with van der Waals surface area (Å²) in [5, 5.41) is 7.61. The molecule has 1 N–H and O–H groups in total. The summed E-state index contributed by atoms with van der Waals surface area (Å²) in [6.45, 7) is 1.71. The predicted molar refractivity (Wildman–Crippen MR) is 61.8 cm³/mol. The van der Waals surface area contributed by atoms with Crippen LogP contribution < -0.4 is 5.32 Å². The highest BCUT2D eigenvalue weighted by atomic mass is 32.1. The lowest BCUT2D eigenvalue weighted by atomic mass is 10.2. The highest BCUT2D eigenvalue weighted by molar-refractivity contribution is 7.07. The van der Waals surface area contributed by atoms with Gasteiger partial charge in [-0.15, -0.1) is 0 Å². The second-order valence-electron chi connectivity index (χ2n) is 3.22. The second-order valence-corrected chi connectivity index (χ2v) is 4.00. The Morgan fingerprint density at radius 2 is 2.13 bits per heavy atom. The fourth-order valence-corrected chi connectivity index (χ4v) is 1.99. The zero-order valence-corrected chi connectivity index (χ0v) is 9.20. The SMILES string of the molecule is c1cnc(CNCCc2ccsc2)nc1. The van der Waals surface area contributed by atoms with Crippen LogP contribution in [0.15, 0.2) is 35.3 Å². The van der Waals surface area contributed by atoms with Gasteiger partial charge in [0, 0.05) is 12.4 Å². The molecule has 0 saturated carbocycles. The third-order valence-electron chi connectivity index (χ3n) is 2.07. The molecule has 3 nitrogen and oxygen atoms in total. The van der Waals surface area contributed by atoms with Gasteiger partial charge in [0.15, 0.2) is 0 Å². The van der Waals surface area contributed by atoms with E-state index in [1.165, 1.54) is 5.56 Å². The molecule has 0 aliphatic rings. The van der Waals surface area contributed by atoms with Gasteiger partial charge in [0.25, 0.3) is 0 Å². The van der Waals surface area contributed by atoms with E-state index in [0.29, 0.717) is 0 Å². The van der Waals surface area contributed by atoms with Crippen molar-refractivity contribution in [3.8, 4) is 0 Å². The van der Waals surface area contributed by atoms with Crippen LogP contribution in [-0.4, -0.2) is 16.5 Å². The molecule has 0 unspecified atom stereocenters. The number of hydrogen-bond acceptors (Lipinski definition) is 4. The molecule has 0 radical (unpaired) electrons. The van der Waals surface area contributed by atoms with E-state index in [2.05, 4.69) is 32.1 Å². The van der Waals surface area contributed by atoms with Crippen molar-refractivity contribution in [3.05, 3.63) is 46.7 Å². The minimum absolute atomic E-state index is 0.741. The van der Waals surface area contributed by atoms with Gasteiger partial charge in [0.1, 0.15) is 5.82 Å². The average Bonchev–Trinajstić information content (AvgIpc) is 2.79. The fourth-order valence-electron chi connectivity index (χ4n) is 1.29. The van der Waals surface area contributed by atoms with Crippen LogP contribution in [0.1, 0.15) is 11.4 Å². The maximum atomic E-state index is 4.14. The molecular formula is C11H13N3S. The first kappa shape index (κ1) is 10.3. The van der Waals surface area contributed by atoms with E-state index in [-0.39, 0.29) is 0 Å². The van der Waals surface area contributed by atoms with Crippen molar-refractivity contribution >= 4 is 11.3 Å². The molecule has 0 saturated heterocycles. The Morgan fingerprint density at radius 3 is 2.87 bits per heavy atom. The lowest BCUT2D eigenvalue weighted by molar-refractivity contribution is 0.659. The molecule has 2 aromatic heterocycles. The van der Waals surface area contributed by atoms with Gasteiger partial charge in [-0.2, -0.15) is 11.3 Å². The highest BCUT2D eigenvalue weighted by Gasteiger charge is 1.95. The minimum atomic E-state index is 0.741. The quantitative estimate of drug-likeness (QED) is 0.780. The van der Waals surface area contributed by atoms with Crippen molar-refractivity contribution in [2.24, 2.45) is 0 Å². The van der Waals surface area contributed by atoms with E-state index in [9.17, 15) is 0 Å². The first-order valence-corrected chi connectivity index (χ1v) is 5.87. The number of hydrogen-bond donors (Lipinski definition) is 1. The van der Waals surface area contributed by atoms with Crippen LogP contribution in [0.5, 0.6) is 0 Å². The maximum absolute atomic E-state index is 4.14. The lowest BCUT2D eigenvalue weighted by Gasteiger charge is -2.01. The van der Waals surface area contributed by atoms with Crippen LogP contribution in [0.2, 0.25) is 0 Å². The van der Waals surface area contributed by atoms with Crippen LogP contribution >= 0.6 is 11.3 Å². The Hall–Kier alpha value is -1.26. The van der Waals surface area contributed by atoms with Gasteiger partial charge in [-0.1, -0.05) is 0 Å². The fraction of sp³-hybridized carbons (Fsp3) is 0.273. The van der Waals surface area contributed by atoms with Gasteiger partial charge in [0.05, 0.1) is 6.54 Å². The number of aromatic nitrogens is 2. The Bertz CT molecular complexity index is 372. The summed E-state index contributed by atoms with van der Waals surface area (Å²) < 4.78 is 0. The molecule has 15 heavy (non-hydrogen) atoms. The number of nitrogens with one attached hydrogen (secondary N) is 1. The van der Waals surface area contributed by atoms with Crippen LogP contribution in [0.3, 0.4) is 0 Å². The lowest BCUT2D eigenvalue weighted by Crippen LogP contribution is -2.17. The molecule has 0 spiro atoms. The van der Waals surface area contributed by atoms with Crippen LogP contribution in [0.4, 0.5) is 0 Å². The van der Waals surface area contributed by atoms with Crippen molar-refractivity contribution in [2.75, 3.05) is 6.54 Å². The van der Waals surface area contributed by atoms with E-state index in [0.717, 1.165) is 25.3 Å². The van der Waals surface area contributed by atoms with E-state index >= 15 is 0 Å². The van der Waals surface area contributed by atoms with Crippen LogP contribution in [0, 0.1) is 0 Å². The van der Waals surface area contributed by atoms with E-state index in [1.54, 1.807) is 23.7 Å². The smallest absolute Gasteiger partial charge is 0.141 e. The molecule has 78 valence electrons. The van der Waals surface area contributed by atoms with Crippen LogP contribution in [-0.2, 0) is 13.0 Å². The molecule has 0 aliphatic heterocycles. The van der Waals surface area contributed by atoms with Gasteiger partial charge in [0.2, 0.25) is 0 Å². The topological polar surface area (TPSA) is 37.8 Å². The van der Waals surface area contributed by atoms with Gasteiger partial charge in [-0.3, -0.25) is 0 Å². The first-order chi connectivity index (χ1) is 7.45. The summed E-state index contributed by atoms with van der Waals surface area (Å²) in [6, 6.07) is 3.99. The van der Waals surface area contributed by atoms with Crippen molar-refractivity contribution in [1.82, 2.24) is 15.3 Å². The molecular weight excluding hydrogens is 206 g/mol. The van der Waals surface area contributed by atoms with Gasteiger partial charge >= 0.3 is 0 Å². The Labute approximate surface area is 93.2 Å². The molecule has 4 heteroatoms. The number of rotatable bonds is 5. The summed E-state index contributed by atoms with van der Waals surface area (Å²) in [7, 11) is 0. The highest BCUT2D eigenvalue weighted by Crippen LogP contribution is 2.05. The Morgan fingerprint density at radius 1 is 1.27 bits per heavy atom. The Kier molecular flexibility index (Phi) is 3.82. The maximum Gasteiger partial charge on any atom is 0.141 e. The predicted octanol–water partition coefficient (Wildman–Crippen LogP) is 1.87. The molecule has 0 aliphatic carbocycles. The molecule has 0 bridgehead atoms. The monoisotopic (exact) mass is 219 g/mol. The van der Waals surface area contributed by atoms with E-state index in [4.69, 9.17) is 0 Å². The normalized spacial score (nSPS) is 10.4. The number of nitrogens with zero attached hydrogens (tertiary/aromatic N) is 2. The van der Waals surface area contributed by atoms with E-state index in [1.807, 2.05) is 6.07 Å². The first-order valence-electron chi connectivity index (χ1n) is 4.93. The molecule has 2 heterocycles. The summed E-state index contributed by atoms with van der Waals surface area (Å²) in [5.74, 6) is 0.850. The summed E-state index contributed by atoms with van der Waals surface area (Å²) >= 11 is 1.74. The molecule has 0 aromatic carbocycles. The molecule has 0 fully saturated rings.